The summed E-state index contributed by atoms with van der Waals surface area (Å²) < 4.78 is 69.4. The monoisotopic (exact) mass is 871 g/mol. The molecule has 6 unspecified atom stereocenters. The van der Waals surface area contributed by atoms with Gasteiger partial charge in [0.25, 0.3) is 0 Å². The van der Waals surface area contributed by atoms with E-state index in [1.807, 2.05) is 6.07 Å². The zero-order valence-corrected chi connectivity index (χ0v) is 43.3. The van der Waals surface area contributed by atoms with E-state index in [4.69, 9.17) is 27.5 Å². The van der Waals surface area contributed by atoms with Crippen molar-refractivity contribution < 1.29 is 35.9 Å². The Morgan fingerprint density at radius 1 is 0.860 bits per heavy atom. The molecule has 2 aliphatic heterocycles. The first kappa shape index (κ1) is 50.9. The third-order valence-electron chi connectivity index (χ3n) is 15.1. The van der Waals surface area contributed by atoms with Gasteiger partial charge in [-0.3, -0.25) is 0 Å². The smallest absolute Gasteiger partial charge is 0.192 e. The molecule has 1 aromatic rings. The fourth-order valence-electron chi connectivity index (χ4n) is 8.23. The molecule has 2 fully saturated rings. The van der Waals surface area contributed by atoms with E-state index in [0.29, 0.717) is 30.3 Å². The van der Waals surface area contributed by atoms with Crippen molar-refractivity contribution in [3.63, 3.8) is 0 Å². The van der Waals surface area contributed by atoms with Gasteiger partial charge in [0.05, 0.1) is 53.9 Å². The standard InChI is InChI=1S/C45H86O8SSi3/c1-18-57(19-2,20-3)49-28-24-25-35-29-34(4)45(11,12)41(51-35)31-39-38(33-54(46,47)37-26-22-21-23-27-37)42(48-13)40(52-39)30-36(53-56(16,17)44(8,9)10)32-50-55(14,15)43(5,6)7/h21-23,26-27,34-36,38-42H,18-20,24-25,28-33H2,1-17H3/t34?,35?,36?,38?,39-,40?,41?,42+/m0/s1. The Morgan fingerprint density at radius 2 is 1.44 bits per heavy atom. The van der Waals surface area contributed by atoms with Crippen LogP contribution in [0.3, 0.4) is 0 Å². The lowest BCUT2D eigenvalue weighted by Gasteiger charge is -2.48. The number of sulfone groups is 1. The lowest BCUT2D eigenvalue weighted by molar-refractivity contribution is -0.163. The van der Waals surface area contributed by atoms with Crippen LogP contribution in [0.1, 0.15) is 115 Å². The first-order valence-electron chi connectivity index (χ1n) is 22.3. The van der Waals surface area contributed by atoms with Gasteiger partial charge >= 0.3 is 0 Å². The van der Waals surface area contributed by atoms with Crippen LogP contribution in [-0.4, -0.2) is 96.1 Å². The second-order valence-electron chi connectivity index (χ2n) is 21.2. The van der Waals surface area contributed by atoms with Crippen LogP contribution >= 0.6 is 0 Å². The molecule has 0 aliphatic carbocycles. The second-order valence-corrected chi connectivity index (χ2v) is 37.5. The highest BCUT2D eigenvalue weighted by Gasteiger charge is 2.52. The van der Waals surface area contributed by atoms with E-state index in [-0.39, 0.29) is 51.8 Å². The van der Waals surface area contributed by atoms with Gasteiger partial charge in [-0.25, -0.2) is 8.42 Å². The predicted octanol–water partition coefficient (Wildman–Crippen LogP) is 11.7. The molecule has 2 heterocycles. The zero-order valence-electron chi connectivity index (χ0n) is 39.5. The van der Waals surface area contributed by atoms with Crippen LogP contribution in [0.5, 0.6) is 0 Å². The summed E-state index contributed by atoms with van der Waals surface area (Å²) >= 11 is 0. The van der Waals surface area contributed by atoms with Crippen LogP contribution in [0.2, 0.25) is 54.4 Å². The van der Waals surface area contributed by atoms with E-state index in [1.54, 1.807) is 31.4 Å². The number of hydrogen-bond acceptors (Lipinski definition) is 8. The fourth-order valence-corrected chi connectivity index (χ4v) is 15.0. The average Bonchev–Trinajstić information content (AvgIpc) is 3.43. The summed E-state index contributed by atoms with van der Waals surface area (Å²) in [7, 11) is -7.89. The number of methoxy groups -OCH3 is 1. The molecular formula is C45H86O8SSi3. The summed E-state index contributed by atoms with van der Waals surface area (Å²) in [5.41, 5.74) is -0.125. The Bertz CT molecular complexity index is 1460. The number of ether oxygens (including phenoxy) is 3. The summed E-state index contributed by atoms with van der Waals surface area (Å²) in [5.74, 6) is -0.0279. The van der Waals surface area contributed by atoms with Crippen LogP contribution in [0.4, 0.5) is 0 Å². The summed E-state index contributed by atoms with van der Waals surface area (Å²) in [4.78, 5) is 0.329. The minimum atomic E-state index is -3.65. The molecule has 0 N–H and O–H groups in total. The van der Waals surface area contributed by atoms with Crippen molar-refractivity contribution in [2.45, 2.75) is 211 Å². The number of benzene rings is 1. The number of rotatable bonds is 21. The Hall–Kier alpha value is -0.419. The third kappa shape index (κ3) is 13.0. The van der Waals surface area contributed by atoms with Crippen molar-refractivity contribution in [1.82, 2.24) is 0 Å². The van der Waals surface area contributed by atoms with Gasteiger partial charge in [-0.05, 0) is 97.1 Å². The molecule has 2 aliphatic rings. The van der Waals surface area contributed by atoms with Gasteiger partial charge in [0, 0.05) is 32.5 Å². The molecule has 0 amide bonds. The Kier molecular flexibility index (Phi) is 18.0. The van der Waals surface area contributed by atoms with E-state index in [0.717, 1.165) is 44.0 Å². The highest BCUT2D eigenvalue weighted by atomic mass is 32.2. The summed E-state index contributed by atoms with van der Waals surface area (Å²) in [6.07, 6.45) is 2.71. The van der Waals surface area contributed by atoms with E-state index in [1.165, 1.54) is 0 Å². The van der Waals surface area contributed by atoms with E-state index >= 15 is 0 Å². The zero-order chi connectivity index (χ0) is 43.3. The second kappa shape index (κ2) is 20.2. The van der Waals surface area contributed by atoms with Crippen molar-refractivity contribution in [2.24, 2.45) is 17.3 Å². The van der Waals surface area contributed by atoms with Crippen molar-refractivity contribution in [1.29, 1.82) is 0 Å². The van der Waals surface area contributed by atoms with Gasteiger partial charge in [-0.2, -0.15) is 0 Å². The Labute approximate surface area is 353 Å². The van der Waals surface area contributed by atoms with Crippen LogP contribution < -0.4 is 0 Å². The first-order valence-corrected chi connectivity index (χ1v) is 32.3. The molecule has 8 atom stereocenters. The van der Waals surface area contributed by atoms with Crippen molar-refractivity contribution in [2.75, 3.05) is 26.1 Å². The number of hydrogen-bond donors (Lipinski definition) is 0. The molecule has 2 saturated heterocycles. The van der Waals surface area contributed by atoms with Crippen LogP contribution in [0, 0.1) is 17.3 Å². The summed E-state index contributed by atoms with van der Waals surface area (Å²) in [6.45, 7) is 37.8. The maximum atomic E-state index is 14.1. The molecule has 0 aromatic heterocycles. The highest BCUT2D eigenvalue weighted by Crippen LogP contribution is 2.47. The molecule has 0 bridgehead atoms. The fraction of sp³-hybridized carbons (Fsp3) is 0.867. The lowest BCUT2D eigenvalue weighted by atomic mass is 9.68. The van der Waals surface area contributed by atoms with Gasteiger partial charge in [-0.15, -0.1) is 0 Å². The van der Waals surface area contributed by atoms with Gasteiger partial charge in [0.2, 0.25) is 0 Å². The summed E-state index contributed by atoms with van der Waals surface area (Å²) in [5, 5.41) is 0.0572. The van der Waals surface area contributed by atoms with Crippen molar-refractivity contribution in [3.8, 4) is 0 Å². The maximum Gasteiger partial charge on any atom is 0.192 e. The molecule has 1 aromatic carbocycles. The van der Waals surface area contributed by atoms with Crippen LogP contribution in [-0.2, 0) is 37.3 Å². The van der Waals surface area contributed by atoms with Crippen LogP contribution in [0.15, 0.2) is 35.2 Å². The Balaban J connectivity index is 1.95. The van der Waals surface area contributed by atoms with E-state index < -0.39 is 46.8 Å². The van der Waals surface area contributed by atoms with E-state index in [9.17, 15) is 8.42 Å². The molecule has 8 nitrogen and oxygen atoms in total. The van der Waals surface area contributed by atoms with Gasteiger partial charge in [0.15, 0.2) is 34.8 Å². The molecule has 0 radical (unpaired) electrons. The quantitative estimate of drug-likeness (QED) is 0.0891. The van der Waals surface area contributed by atoms with Gasteiger partial charge in [-0.1, -0.05) is 101 Å². The molecule has 57 heavy (non-hydrogen) atoms. The van der Waals surface area contributed by atoms with Crippen molar-refractivity contribution in [3.05, 3.63) is 30.3 Å². The predicted molar refractivity (Wildman–Crippen MR) is 245 cm³/mol. The lowest BCUT2D eigenvalue weighted by Crippen LogP contribution is -2.49. The first-order chi connectivity index (χ1) is 26.2. The molecule has 12 heteroatoms. The average molecular weight is 872 g/mol. The minimum Gasteiger partial charge on any atom is -0.417 e. The molecule has 3 rings (SSSR count). The SMILES string of the molecule is CC[Si](CC)(CC)OCCCC1CC(C)C(C)(C)C(C[C@@H]2OC(CC(CO[Si](C)(C)C(C)(C)C)O[Si](C)(C)C(C)(C)C)[C@H](OC)C2CS(=O)(=O)c2ccccc2)O1. The molecule has 0 saturated carbocycles. The van der Waals surface area contributed by atoms with Gasteiger partial charge < -0.3 is 27.5 Å². The van der Waals surface area contributed by atoms with Crippen molar-refractivity contribution >= 4 is 34.8 Å². The molecule has 0 spiro atoms. The topological polar surface area (TPSA) is 89.5 Å². The highest BCUT2D eigenvalue weighted by molar-refractivity contribution is 7.91. The van der Waals surface area contributed by atoms with Gasteiger partial charge in [0.1, 0.15) is 0 Å². The Morgan fingerprint density at radius 3 is 1.96 bits per heavy atom. The third-order valence-corrected chi connectivity index (χ3v) is 30.7. The van der Waals surface area contributed by atoms with E-state index in [2.05, 4.69) is 109 Å². The molecular weight excluding hydrogens is 785 g/mol. The summed E-state index contributed by atoms with van der Waals surface area (Å²) in [6, 6.07) is 12.3. The normalized spacial score (nSPS) is 27.1. The maximum absolute atomic E-state index is 14.1. The minimum absolute atomic E-state index is 0.00454. The molecule has 332 valence electrons. The van der Waals surface area contributed by atoms with Crippen LogP contribution in [0.25, 0.3) is 0 Å². The largest absolute Gasteiger partial charge is 0.417 e.